The molecule has 0 heterocycles. The molecular weight excluding hydrogens is 385 g/mol. The SMILES string of the molecule is COc1cc(CCNC(=O)C(Cl)(Cl)Cl)ccc1OCc1ccccc1. The molecule has 0 spiro atoms. The fourth-order valence-corrected chi connectivity index (χ4v) is 2.34. The lowest BCUT2D eigenvalue weighted by Crippen LogP contribution is -2.35. The Morgan fingerprint density at radius 3 is 2.40 bits per heavy atom. The number of amides is 1. The highest BCUT2D eigenvalue weighted by molar-refractivity contribution is 6.76. The van der Waals surface area contributed by atoms with Gasteiger partial charge in [0.1, 0.15) is 6.61 Å². The normalized spacial score (nSPS) is 11.0. The van der Waals surface area contributed by atoms with Crippen molar-refractivity contribution in [2.24, 2.45) is 0 Å². The van der Waals surface area contributed by atoms with E-state index in [-0.39, 0.29) is 0 Å². The van der Waals surface area contributed by atoms with Gasteiger partial charge in [-0.05, 0) is 29.7 Å². The Morgan fingerprint density at radius 1 is 1.04 bits per heavy atom. The van der Waals surface area contributed by atoms with Crippen molar-refractivity contribution < 1.29 is 14.3 Å². The molecule has 0 aliphatic heterocycles. The Bertz CT molecular complexity index is 702. The molecule has 0 aliphatic rings. The third-order valence-corrected chi connectivity index (χ3v) is 3.94. The summed E-state index contributed by atoms with van der Waals surface area (Å²) in [7, 11) is 1.58. The minimum atomic E-state index is -1.95. The Hall–Kier alpha value is -1.62. The molecule has 0 fully saturated rings. The van der Waals surface area contributed by atoms with E-state index in [4.69, 9.17) is 44.3 Å². The van der Waals surface area contributed by atoms with Gasteiger partial charge in [0.15, 0.2) is 11.5 Å². The van der Waals surface area contributed by atoms with Crippen LogP contribution in [0.5, 0.6) is 11.5 Å². The molecule has 2 aromatic carbocycles. The van der Waals surface area contributed by atoms with E-state index in [1.54, 1.807) is 7.11 Å². The van der Waals surface area contributed by atoms with Gasteiger partial charge in [0.2, 0.25) is 0 Å². The van der Waals surface area contributed by atoms with Gasteiger partial charge in [0.25, 0.3) is 9.70 Å². The van der Waals surface area contributed by atoms with E-state index in [9.17, 15) is 4.79 Å². The first-order chi connectivity index (χ1) is 11.9. The van der Waals surface area contributed by atoms with E-state index < -0.39 is 9.70 Å². The molecule has 0 radical (unpaired) electrons. The lowest BCUT2D eigenvalue weighted by atomic mass is 10.1. The summed E-state index contributed by atoms with van der Waals surface area (Å²) >= 11 is 16.5. The van der Waals surface area contributed by atoms with Crippen LogP contribution in [0.3, 0.4) is 0 Å². The molecule has 2 rings (SSSR count). The minimum Gasteiger partial charge on any atom is -0.493 e. The first-order valence-electron chi connectivity index (χ1n) is 7.59. The first-order valence-corrected chi connectivity index (χ1v) is 8.72. The van der Waals surface area contributed by atoms with Crippen molar-refractivity contribution in [2.45, 2.75) is 16.8 Å². The van der Waals surface area contributed by atoms with Crippen molar-refractivity contribution in [1.29, 1.82) is 0 Å². The monoisotopic (exact) mass is 401 g/mol. The Labute approximate surface area is 162 Å². The zero-order valence-electron chi connectivity index (χ0n) is 13.6. The van der Waals surface area contributed by atoms with Crippen LogP contribution in [0.1, 0.15) is 11.1 Å². The second kappa shape index (κ2) is 9.18. The molecule has 0 unspecified atom stereocenters. The van der Waals surface area contributed by atoms with Crippen LogP contribution in [0.2, 0.25) is 0 Å². The molecule has 0 aromatic heterocycles. The maximum absolute atomic E-state index is 11.5. The molecule has 0 aliphatic carbocycles. The van der Waals surface area contributed by atoms with Gasteiger partial charge in [0.05, 0.1) is 7.11 Å². The van der Waals surface area contributed by atoms with Gasteiger partial charge in [-0.1, -0.05) is 71.2 Å². The van der Waals surface area contributed by atoms with Gasteiger partial charge in [-0.2, -0.15) is 0 Å². The van der Waals surface area contributed by atoms with Crippen molar-refractivity contribution in [1.82, 2.24) is 5.32 Å². The molecule has 2 aromatic rings. The van der Waals surface area contributed by atoms with E-state index in [0.29, 0.717) is 31.1 Å². The number of carbonyl (C=O) groups excluding carboxylic acids is 1. The highest BCUT2D eigenvalue weighted by atomic mass is 35.6. The molecular formula is C18H18Cl3NO3. The summed E-state index contributed by atoms with van der Waals surface area (Å²) < 4.78 is 9.24. The quantitative estimate of drug-likeness (QED) is 0.702. The number of benzene rings is 2. The highest BCUT2D eigenvalue weighted by Crippen LogP contribution is 2.29. The highest BCUT2D eigenvalue weighted by Gasteiger charge is 2.29. The molecule has 0 saturated carbocycles. The summed E-state index contributed by atoms with van der Waals surface area (Å²) in [6.07, 6.45) is 0.571. The van der Waals surface area contributed by atoms with Crippen LogP contribution in [0.25, 0.3) is 0 Å². The number of ether oxygens (including phenoxy) is 2. The standard InChI is InChI=1S/C18H18Cl3NO3/c1-24-16-11-13(9-10-22-17(23)18(19,20)21)7-8-15(16)25-12-14-5-3-2-4-6-14/h2-8,11H,9-10,12H2,1H3,(H,22,23). The smallest absolute Gasteiger partial charge is 0.272 e. The van der Waals surface area contributed by atoms with Crippen molar-refractivity contribution in [3.63, 3.8) is 0 Å². The zero-order valence-corrected chi connectivity index (χ0v) is 15.9. The van der Waals surface area contributed by atoms with Crippen LogP contribution in [0.15, 0.2) is 48.5 Å². The topological polar surface area (TPSA) is 47.6 Å². The molecule has 1 amide bonds. The van der Waals surface area contributed by atoms with Crippen LogP contribution < -0.4 is 14.8 Å². The number of carbonyl (C=O) groups is 1. The van der Waals surface area contributed by atoms with Crippen LogP contribution >= 0.6 is 34.8 Å². The Kier molecular flexibility index (Phi) is 7.24. The van der Waals surface area contributed by atoms with E-state index >= 15 is 0 Å². The molecule has 4 nitrogen and oxygen atoms in total. The summed E-state index contributed by atoms with van der Waals surface area (Å²) in [6, 6.07) is 15.5. The van der Waals surface area contributed by atoms with E-state index in [0.717, 1.165) is 11.1 Å². The maximum atomic E-state index is 11.5. The largest absolute Gasteiger partial charge is 0.493 e. The maximum Gasteiger partial charge on any atom is 0.272 e. The van der Waals surface area contributed by atoms with Gasteiger partial charge in [-0.15, -0.1) is 0 Å². The van der Waals surface area contributed by atoms with Gasteiger partial charge >= 0.3 is 0 Å². The predicted molar refractivity (Wildman–Crippen MR) is 101 cm³/mol. The van der Waals surface area contributed by atoms with Gasteiger partial charge in [-0.25, -0.2) is 0 Å². The minimum absolute atomic E-state index is 0.347. The summed E-state index contributed by atoms with van der Waals surface area (Å²) in [4.78, 5) is 11.5. The summed E-state index contributed by atoms with van der Waals surface area (Å²) in [5.41, 5.74) is 2.04. The van der Waals surface area contributed by atoms with E-state index in [1.807, 2.05) is 48.5 Å². The van der Waals surface area contributed by atoms with Crippen molar-refractivity contribution in [3.8, 4) is 11.5 Å². The second-order valence-corrected chi connectivity index (χ2v) is 7.54. The van der Waals surface area contributed by atoms with Crippen LogP contribution in [-0.2, 0) is 17.8 Å². The third kappa shape index (κ3) is 6.31. The first kappa shape index (κ1) is 19.7. The van der Waals surface area contributed by atoms with Gasteiger partial charge in [0, 0.05) is 6.54 Å². The fraction of sp³-hybridized carbons (Fsp3) is 0.278. The Balaban J connectivity index is 1.93. The number of nitrogens with one attached hydrogen (secondary N) is 1. The molecule has 0 saturated heterocycles. The third-order valence-electron chi connectivity index (χ3n) is 3.42. The number of alkyl halides is 3. The zero-order chi connectivity index (χ0) is 18.3. The van der Waals surface area contributed by atoms with Crippen LogP contribution in [0, 0.1) is 0 Å². The molecule has 1 N–H and O–H groups in total. The van der Waals surface area contributed by atoms with Gasteiger partial charge < -0.3 is 14.8 Å². The van der Waals surface area contributed by atoms with Crippen molar-refractivity contribution in [2.75, 3.05) is 13.7 Å². The summed E-state index contributed by atoms with van der Waals surface area (Å²) in [6.45, 7) is 0.802. The molecule has 25 heavy (non-hydrogen) atoms. The molecule has 0 bridgehead atoms. The predicted octanol–water partition coefficient (Wildman–Crippen LogP) is 4.30. The fourth-order valence-electron chi connectivity index (χ4n) is 2.14. The summed E-state index contributed by atoms with van der Waals surface area (Å²) in [5.74, 6) is 0.633. The van der Waals surface area contributed by atoms with E-state index in [2.05, 4.69) is 5.32 Å². The molecule has 7 heteroatoms. The van der Waals surface area contributed by atoms with Crippen LogP contribution in [-0.4, -0.2) is 23.4 Å². The number of hydrogen-bond donors (Lipinski definition) is 1. The van der Waals surface area contributed by atoms with Crippen molar-refractivity contribution >= 4 is 40.7 Å². The van der Waals surface area contributed by atoms with Crippen molar-refractivity contribution in [3.05, 3.63) is 59.7 Å². The Morgan fingerprint density at radius 2 is 1.76 bits per heavy atom. The van der Waals surface area contributed by atoms with Crippen LogP contribution in [0.4, 0.5) is 0 Å². The number of hydrogen-bond acceptors (Lipinski definition) is 3. The van der Waals surface area contributed by atoms with Gasteiger partial charge in [-0.3, -0.25) is 4.79 Å². The lowest BCUT2D eigenvalue weighted by Gasteiger charge is -2.13. The second-order valence-electron chi connectivity index (χ2n) is 5.26. The molecule has 134 valence electrons. The van der Waals surface area contributed by atoms with E-state index in [1.165, 1.54) is 0 Å². The summed E-state index contributed by atoms with van der Waals surface area (Å²) in [5, 5.41) is 2.56. The lowest BCUT2D eigenvalue weighted by molar-refractivity contribution is -0.120. The number of methoxy groups -OCH3 is 1. The number of rotatable bonds is 7. The average Bonchev–Trinajstić information content (AvgIpc) is 2.60. The molecule has 0 atom stereocenters. The number of halogens is 3. The average molecular weight is 403 g/mol.